The minimum atomic E-state index is -1.62. The molecule has 0 saturated heterocycles. The Morgan fingerprint density at radius 3 is 2.13 bits per heavy atom. The molecule has 0 rings (SSSR count). The van der Waals surface area contributed by atoms with Gasteiger partial charge in [0.15, 0.2) is 5.78 Å². The summed E-state index contributed by atoms with van der Waals surface area (Å²) in [6.07, 6.45) is 1.78. The standard InChI is InChI=1S/C11H20O4/c1-4-7-9(12)11(6-3,10(13)14)15-8-5-2/h4-8H2,1-3H3,(H,13,14). The first-order chi connectivity index (χ1) is 7.05. The Kier molecular flexibility index (Phi) is 6.17. The van der Waals surface area contributed by atoms with Crippen LogP contribution in [-0.4, -0.2) is 29.1 Å². The van der Waals surface area contributed by atoms with E-state index in [1.54, 1.807) is 6.92 Å². The summed E-state index contributed by atoms with van der Waals surface area (Å²) in [7, 11) is 0. The predicted octanol–water partition coefficient (Wildman–Crippen LogP) is 2.02. The van der Waals surface area contributed by atoms with Crippen molar-refractivity contribution in [2.24, 2.45) is 0 Å². The molecule has 0 aliphatic carbocycles. The van der Waals surface area contributed by atoms with E-state index >= 15 is 0 Å². The van der Waals surface area contributed by atoms with E-state index in [0.29, 0.717) is 19.4 Å². The zero-order chi connectivity index (χ0) is 11.9. The minimum absolute atomic E-state index is 0.182. The molecule has 0 aliphatic rings. The third kappa shape index (κ3) is 3.30. The number of Topliss-reactive ketones (excluding diaryl/α,β-unsaturated/α-hetero) is 1. The molecule has 0 heterocycles. The molecule has 0 aromatic heterocycles. The van der Waals surface area contributed by atoms with Gasteiger partial charge in [0.2, 0.25) is 5.60 Å². The minimum Gasteiger partial charge on any atom is -0.479 e. The SMILES string of the molecule is CCCOC(CC)(C(=O)O)C(=O)CCC. The Labute approximate surface area is 90.6 Å². The molecule has 88 valence electrons. The zero-order valence-electron chi connectivity index (χ0n) is 9.71. The molecule has 4 nitrogen and oxygen atoms in total. The fourth-order valence-corrected chi connectivity index (χ4v) is 1.42. The summed E-state index contributed by atoms with van der Waals surface area (Å²) in [5.74, 6) is -1.50. The lowest BCUT2D eigenvalue weighted by Gasteiger charge is -2.26. The van der Waals surface area contributed by atoms with Crippen molar-refractivity contribution in [3.05, 3.63) is 0 Å². The quantitative estimate of drug-likeness (QED) is 0.630. The molecular formula is C11H20O4. The van der Waals surface area contributed by atoms with Crippen LogP contribution in [0.1, 0.15) is 46.5 Å². The van der Waals surface area contributed by atoms with Crippen LogP contribution >= 0.6 is 0 Å². The summed E-state index contributed by atoms with van der Waals surface area (Å²) in [6, 6.07) is 0. The van der Waals surface area contributed by atoms with Crippen molar-refractivity contribution in [2.45, 2.75) is 52.1 Å². The number of hydrogen-bond acceptors (Lipinski definition) is 3. The van der Waals surface area contributed by atoms with Crippen molar-refractivity contribution in [2.75, 3.05) is 6.61 Å². The summed E-state index contributed by atoms with van der Waals surface area (Å²) in [4.78, 5) is 22.9. The van der Waals surface area contributed by atoms with Gasteiger partial charge in [-0.15, -0.1) is 0 Å². The second kappa shape index (κ2) is 6.56. The number of carboxylic acids is 1. The summed E-state index contributed by atoms with van der Waals surface area (Å²) in [5.41, 5.74) is -1.62. The van der Waals surface area contributed by atoms with Gasteiger partial charge in [0.05, 0.1) is 0 Å². The monoisotopic (exact) mass is 216 g/mol. The highest BCUT2D eigenvalue weighted by atomic mass is 16.5. The molecule has 1 N–H and O–H groups in total. The number of carbonyl (C=O) groups excluding carboxylic acids is 1. The topological polar surface area (TPSA) is 63.6 Å². The highest BCUT2D eigenvalue weighted by Gasteiger charge is 2.44. The average molecular weight is 216 g/mol. The fraction of sp³-hybridized carbons (Fsp3) is 0.818. The molecule has 0 amide bonds. The maximum absolute atomic E-state index is 11.7. The molecule has 0 saturated carbocycles. The first-order valence-corrected chi connectivity index (χ1v) is 5.45. The van der Waals surface area contributed by atoms with Crippen LogP contribution < -0.4 is 0 Å². The molecule has 4 heteroatoms. The summed E-state index contributed by atoms with van der Waals surface area (Å²) < 4.78 is 5.25. The molecule has 0 spiro atoms. The van der Waals surface area contributed by atoms with Crippen molar-refractivity contribution in [3.63, 3.8) is 0 Å². The van der Waals surface area contributed by atoms with Crippen LogP contribution in [0.2, 0.25) is 0 Å². The number of carbonyl (C=O) groups is 2. The number of hydrogen-bond donors (Lipinski definition) is 1. The smallest absolute Gasteiger partial charge is 0.343 e. The summed E-state index contributed by atoms with van der Waals surface area (Å²) in [5, 5.41) is 9.10. The molecular weight excluding hydrogens is 196 g/mol. The molecule has 0 bridgehead atoms. The molecule has 0 aliphatic heterocycles. The van der Waals surface area contributed by atoms with Gasteiger partial charge in [-0.1, -0.05) is 20.8 Å². The van der Waals surface area contributed by atoms with Crippen LogP contribution in [0.15, 0.2) is 0 Å². The van der Waals surface area contributed by atoms with Crippen LogP contribution in [0.3, 0.4) is 0 Å². The Morgan fingerprint density at radius 2 is 1.80 bits per heavy atom. The van der Waals surface area contributed by atoms with Crippen LogP contribution in [0.4, 0.5) is 0 Å². The first kappa shape index (κ1) is 14.1. The Bertz CT molecular complexity index is 225. The largest absolute Gasteiger partial charge is 0.479 e. The Morgan fingerprint density at radius 1 is 1.20 bits per heavy atom. The van der Waals surface area contributed by atoms with E-state index < -0.39 is 11.6 Å². The van der Waals surface area contributed by atoms with Crippen LogP contribution in [0, 0.1) is 0 Å². The summed E-state index contributed by atoms with van der Waals surface area (Å²) >= 11 is 0. The second-order valence-electron chi connectivity index (χ2n) is 3.51. The Balaban J connectivity index is 4.79. The van der Waals surface area contributed by atoms with Gasteiger partial charge in [-0.3, -0.25) is 4.79 Å². The lowest BCUT2D eigenvalue weighted by atomic mass is 9.92. The van der Waals surface area contributed by atoms with Gasteiger partial charge in [-0.25, -0.2) is 4.79 Å². The lowest BCUT2D eigenvalue weighted by Crippen LogP contribution is -2.48. The number of ether oxygens (including phenoxy) is 1. The number of aliphatic carboxylic acids is 1. The highest BCUT2D eigenvalue weighted by molar-refractivity contribution is 6.06. The molecule has 15 heavy (non-hydrogen) atoms. The molecule has 1 atom stereocenters. The highest BCUT2D eigenvalue weighted by Crippen LogP contribution is 2.21. The third-order valence-corrected chi connectivity index (χ3v) is 2.32. The van der Waals surface area contributed by atoms with Gasteiger partial charge in [0, 0.05) is 13.0 Å². The molecule has 0 radical (unpaired) electrons. The third-order valence-electron chi connectivity index (χ3n) is 2.32. The average Bonchev–Trinajstić information content (AvgIpc) is 2.19. The zero-order valence-corrected chi connectivity index (χ0v) is 9.71. The van der Waals surface area contributed by atoms with E-state index in [-0.39, 0.29) is 18.6 Å². The maximum Gasteiger partial charge on any atom is 0.343 e. The van der Waals surface area contributed by atoms with Gasteiger partial charge in [-0.05, 0) is 19.3 Å². The Hall–Kier alpha value is -0.900. The van der Waals surface area contributed by atoms with Gasteiger partial charge >= 0.3 is 5.97 Å². The van der Waals surface area contributed by atoms with Crippen molar-refractivity contribution in [3.8, 4) is 0 Å². The van der Waals surface area contributed by atoms with Crippen molar-refractivity contribution in [1.82, 2.24) is 0 Å². The van der Waals surface area contributed by atoms with Crippen molar-refractivity contribution < 1.29 is 19.4 Å². The second-order valence-corrected chi connectivity index (χ2v) is 3.51. The lowest BCUT2D eigenvalue weighted by molar-refractivity contribution is -0.173. The summed E-state index contributed by atoms with van der Waals surface area (Å²) in [6.45, 7) is 5.69. The predicted molar refractivity (Wildman–Crippen MR) is 56.8 cm³/mol. The van der Waals surface area contributed by atoms with E-state index in [9.17, 15) is 9.59 Å². The van der Waals surface area contributed by atoms with E-state index in [1.807, 2.05) is 13.8 Å². The molecule has 1 unspecified atom stereocenters. The van der Waals surface area contributed by atoms with Crippen LogP contribution in [0.5, 0.6) is 0 Å². The van der Waals surface area contributed by atoms with Crippen LogP contribution in [0.25, 0.3) is 0 Å². The van der Waals surface area contributed by atoms with E-state index in [4.69, 9.17) is 9.84 Å². The molecule has 0 fully saturated rings. The number of ketones is 1. The fourth-order valence-electron chi connectivity index (χ4n) is 1.42. The number of carboxylic acid groups (broad SMARTS) is 1. The maximum atomic E-state index is 11.7. The molecule has 0 aromatic carbocycles. The van der Waals surface area contributed by atoms with Crippen LogP contribution in [-0.2, 0) is 14.3 Å². The molecule has 0 aromatic rings. The van der Waals surface area contributed by atoms with E-state index in [0.717, 1.165) is 0 Å². The van der Waals surface area contributed by atoms with Gasteiger partial charge in [0.1, 0.15) is 0 Å². The van der Waals surface area contributed by atoms with E-state index in [2.05, 4.69) is 0 Å². The number of rotatable bonds is 8. The van der Waals surface area contributed by atoms with Crippen molar-refractivity contribution >= 4 is 11.8 Å². The first-order valence-electron chi connectivity index (χ1n) is 5.45. The van der Waals surface area contributed by atoms with Crippen molar-refractivity contribution in [1.29, 1.82) is 0 Å². The van der Waals surface area contributed by atoms with Gasteiger partial charge < -0.3 is 9.84 Å². The van der Waals surface area contributed by atoms with Gasteiger partial charge in [0.25, 0.3) is 0 Å². The normalized spacial score (nSPS) is 14.6. The van der Waals surface area contributed by atoms with Gasteiger partial charge in [-0.2, -0.15) is 0 Å². The van der Waals surface area contributed by atoms with E-state index in [1.165, 1.54) is 0 Å².